The fourth-order valence-electron chi connectivity index (χ4n) is 2.20. The smallest absolute Gasteiger partial charge is 0.409 e. The number of hydrogen-bond acceptors (Lipinski definition) is 6. The van der Waals surface area contributed by atoms with E-state index in [-0.39, 0.29) is 12.2 Å². The number of carbonyl (C=O) groups excluding carboxylic acids is 1. The quantitative estimate of drug-likeness (QED) is 0.839. The van der Waals surface area contributed by atoms with Crippen LogP contribution in [0.2, 0.25) is 0 Å². The van der Waals surface area contributed by atoms with Gasteiger partial charge in [0.05, 0.1) is 13.2 Å². The summed E-state index contributed by atoms with van der Waals surface area (Å²) in [6.07, 6.45) is 1.45. The van der Waals surface area contributed by atoms with Crippen molar-refractivity contribution < 1.29 is 14.3 Å². The highest BCUT2D eigenvalue weighted by molar-refractivity contribution is 5.67. The zero-order chi connectivity index (χ0) is 15.2. The Morgan fingerprint density at radius 3 is 2.86 bits per heavy atom. The number of rotatable bonds is 4. The minimum atomic E-state index is -0.278. The zero-order valence-electron chi connectivity index (χ0n) is 12.8. The highest BCUT2D eigenvalue weighted by atomic mass is 16.6. The average Bonchev–Trinajstić information content (AvgIpc) is 2.48. The monoisotopic (exact) mass is 294 g/mol. The molecule has 1 atom stereocenters. The SMILES string of the molecule is CCOC(=O)N1CCCC(Oc2ccc(N(C)C)nn2)C1. The summed E-state index contributed by atoms with van der Waals surface area (Å²) in [7, 11) is 3.81. The topological polar surface area (TPSA) is 67.8 Å². The molecule has 1 amide bonds. The number of ether oxygens (including phenoxy) is 2. The first-order chi connectivity index (χ1) is 10.1. The molecule has 1 fully saturated rings. The van der Waals surface area contributed by atoms with E-state index >= 15 is 0 Å². The molecule has 116 valence electrons. The van der Waals surface area contributed by atoms with Gasteiger partial charge in [-0.15, -0.1) is 10.2 Å². The third-order valence-electron chi connectivity index (χ3n) is 3.28. The number of nitrogens with zero attached hydrogens (tertiary/aromatic N) is 4. The Hall–Kier alpha value is -2.05. The fraction of sp³-hybridized carbons (Fsp3) is 0.643. The van der Waals surface area contributed by atoms with Gasteiger partial charge in [-0.05, 0) is 25.8 Å². The Bertz CT molecular complexity index is 464. The van der Waals surface area contributed by atoms with Crippen LogP contribution in [-0.2, 0) is 4.74 Å². The molecular formula is C14H22N4O3. The van der Waals surface area contributed by atoms with Gasteiger partial charge in [0.15, 0.2) is 5.82 Å². The molecule has 21 heavy (non-hydrogen) atoms. The van der Waals surface area contributed by atoms with Crippen molar-refractivity contribution in [3.63, 3.8) is 0 Å². The van der Waals surface area contributed by atoms with Crippen LogP contribution in [0.25, 0.3) is 0 Å². The van der Waals surface area contributed by atoms with Crippen LogP contribution in [0.15, 0.2) is 12.1 Å². The van der Waals surface area contributed by atoms with Gasteiger partial charge in [-0.3, -0.25) is 0 Å². The van der Waals surface area contributed by atoms with Crippen molar-refractivity contribution in [3.8, 4) is 5.88 Å². The fourth-order valence-corrected chi connectivity index (χ4v) is 2.20. The van der Waals surface area contributed by atoms with Gasteiger partial charge in [-0.25, -0.2) is 4.79 Å². The molecule has 0 radical (unpaired) electrons. The summed E-state index contributed by atoms with van der Waals surface area (Å²) in [5.74, 6) is 1.26. The van der Waals surface area contributed by atoms with Gasteiger partial charge in [0.2, 0.25) is 5.88 Å². The first-order valence-corrected chi connectivity index (χ1v) is 7.19. The highest BCUT2D eigenvalue weighted by Crippen LogP contribution is 2.18. The summed E-state index contributed by atoms with van der Waals surface area (Å²) in [6, 6.07) is 3.65. The van der Waals surface area contributed by atoms with Gasteiger partial charge in [-0.1, -0.05) is 0 Å². The molecule has 0 N–H and O–H groups in total. The van der Waals surface area contributed by atoms with E-state index in [2.05, 4.69) is 10.2 Å². The molecule has 1 aromatic heterocycles. The van der Waals surface area contributed by atoms with E-state index in [1.807, 2.05) is 25.1 Å². The molecule has 1 aromatic rings. The van der Waals surface area contributed by atoms with Crippen LogP contribution in [0, 0.1) is 0 Å². The maximum atomic E-state index is 11.7. The number of anilines is 1. The number of amides is 1. The standard InChI is InChI=1S/C14H22N4O3/c1-4-20-14(19)18-9-5-6-11(10-18)21-13-8-7-12(15-16-13)17(2)3/h7-8,11H,4-6,9-10H2,1-3H3. The van der Waals surface area contributed by atoms with E-state index in [0.29, 0.717) is 25.6 Å². The van der Waals surface area contributed by atoms with E-state index < -0.39 is 0 Å². The molecule has 7 nitrogen and oxygen atoms in total. The van der Waals surface area contributed by atoms with Gasteiger partial charge < -0.3 is 19.3 Å². The Morgan fingerprint density at radius 2 is 2.24 bits per heavy atom. The van der Waals surface area contributed by atoms with E-state index in [1.54, 1.807) is 17.9 Å². The lowest BCUT2D eigenvalue weighted by Crippen LogP contribution is -2.44. The van der Waals surface area contributed by atoms with Crippen molar-refractivity contribution in [2.75, 3.05) is 38.7 Å². The Morgan fingerprint density at radius 1 is 1.43 bits per heavy atom. The molecule has 2 rings (SSSR count). The van der Waals surface area contributed by atoms with E-state index in [9.17, 15) is 4.79 Å². The minimum Gasteiger partial charge on any atom is -0.471 e. The predicted molar refractivity (Wildman–Crippen MR) is 78.6 cm³/mol. The summed E-state index contributed by atoms with van der Waals surface area (Å²) in [6.45, 7) is 3.43. The van der Waals surface area contributed by atoms with Crippen molar-refractivity contribution >= 4 is 11.9 Å². The molecule has 1 saturated heterocycles. The lowest BCUT2D eigenvalue weighted by Gasteiger charge is -2.31. The minimum absolute atomic E-state index is 0.0670. The van der Waals surface area contributed by atoms with Crippen molar-refractivity contribution in [2.24, 2.45) is 0 Å². The summed E-state index contributed by atoms with van der Waals surface area (Å²) in [5, 5.41) is 8.12. The lowest BCUT2D eigenvalue weighted by molar-refractivity contribution is 0.0591. The zero-order valence-corrected chi connectivity index (χ0v) is 12.8. The van der Waals surface area contributed by atoms with Crippen LogP contribution in [0.4, 0.5) is 10.6 Å². The van der Waals surface area contributed by atoms with Gasteiger partial charge in [0.1, 0.15) is 6.10 Å². The van der Waals surface area contributed by atoms with Gasteiger partial charge >= 0.3 is 6.09 Å². The normalized spacial score (nSPS) is 18.2. The number of carbonyl (C=O) groups is 1. The molecule has 1 unspecified atom stereocenters. The maximum Gasteiger partial charge on any atom is 0.409 e. The second kappa shape index (κ2) is 7.10. The first-order valence-electron chi connectivity index (χ1n) is 7.19. The molecule has 0 spiro atoms. The maximum absolute atomic E-state index is 11.7. The molecule has 0 bridgehead atoms. The molecule has 0 aliphatic carbocycles. The largest absolute Gasteiger partial charge is 0.471 e. The third-order valence-corrected chi connectivity index (χ3v) is 3.28. The van der Waals surface area contributed by atoms with Gasteiger partial charge in [0.25, 0.3) is 0 Å². The predicted octanol–water partition coefficient (Wildman–Crippen LogP) is 1.54. The molecule has 1 aliphatic heterocycles. The number of piperidine rings is 1. The van der Waals surface area contributed by atoms with Crippen molar-refractivity contribution in [3.05, 3.63) is 12.1 Å². The molecule has 7 heteroatoms. The van der Waals surface area contributed by atoms with Crippen LogP contribution >= 0.6 is 0 Å². The average molecular weight is 294 g/mol. The van der Waals surface area contributed by atoms with Crippen molar-refractivity contribution in [1.29, 1.82) is 0 Å². The summed E-state index contributed by atoms with van der Waals surface area (Å²) in [4.78, 5) is 15.3. The molecule has 0 aromatic carbocycles. The van der Waals surface area contributed by atoms with Crippen molar-refractivity contribution in [1.82, 2.24) is 15.1 Å². The van der Waals surface area contributed by atoms with Crippen LogP contribution in [0.1, 0.15) is 19.8 Å². The Balaban J connectivity index is 1.91. The summed E-state index contributed by atoms with van der Waals surface area (Å²) >= 11 is 0. The Labute approximate surface area is 124 Å². The lowest BCUT2D eigenvalue weighted by atomic mass is 10.1. The number of likely N-dealkylation sites (tertiary alicyclic amines) is 1. The Kier molecular flexibility index (Phi) is 5.19. The summed E-state index contributed by atoms with van der Waals surface area (Å²) in [5.41, 5.74) is 0. The molecular weight excluding hydrogens is 272 g/mol. The van der Waals surface area contributed by atoms with Crippen molar-refractivity contribution in [2.45, 2.75) is 25.9 Å². The third kappa shape index (κ3) is 4.21. The molecule has 1 aliphatic rings. The first kappa shape index (κ1) is 15.3. The second-order valence-electron chi connectivity index (χ2n) is 5.15. The van der Waals surface area contributed by atoms with Crippen LogP contribution in [-0.4, -0.2) is 61.1 Å². The van der Waals surface area contributed by atoms with Crippen LogP contribution in [0.5, 0.6) is 5.88 Å². The van der Waals surface area contributed by atoms with Crippen LogP contribution < -0.4 is 9.64 Å². The van der Waals surface area contributed by atoms with Gasteiger partial charge in [0, 0.05) is 26.7 Å². The second-order valence-corrected chi connectivity index (χ2v) is 5.15. The van der Waals surface area contributed by atoms with E-state index in [1.165, 1.54) is 0 Å². The van der Waals surface area contributed by atoms with E-state index in [4.69, 9.17) is 9.47 Å². The molecule has 0 saturated carbocycles. The number of aromatic nitrogens is 2. The summed E-state index contributed by atoms with van der Waals surface area (Å²) < 4.78 is 10.8. The van der Waals surface area contributed by atoms with Crippen LogP contribution in [0.3, 0.4) is 0 Å². The molecule has 2 heterocycles. The highest BCUT2D eigenvalue weighted by Gasteiger charge is 2.26. The van der Waals surface area contributed by atoms with E-state index in [0.717, 1.165) is 18.7 Å². The number of hydrogen-bond donors (Lipinski definition) is 0. The van der Waals surface area contributed by atoms with Gasteiger partial charge in [-0.2, -0.15) is 0 Å².